The molecule has 0 radical (unpaired) electrons. The predicted molar refractivity (Wildman–Crippen MR) is 93.6 cm³/mol. The molecule has 1 amide bonds. The monoisotopic (exact) mass is 310 g/mol. The zero-order chi connectivity index (χ0) is 16.0. The van der Waals surface area contributed by atoms with Crippen LogP contribution in [0.4, 0.5) is 0 Å². The first-order chi connectivity index (χ1) is 11.1. The van der Waals surface area contributed by atoms with Crippen LogP contribution >= 0.6 is 0 Å². The minimum atomic E-state index is 0.0898. The third kappa shape index (κ3) is 2.46. The molecule has 3 fully saturated rings. The molecule has 3 heteroatoms. The summed E-state index contributed by atoms with van der Waals surface area (Å²) < 4.78 is 2.06. The van der Waals surface area contributed by atoms with E-state index >= 15 is 0 Å². The van der Waals surface area contributed by atoms with Crippen LogP contribution in [-0.4, -0.2) is 17.0 Å². The van der Waals surface area contributed by atoms with E-state index in [4.69, 9.17) is 0 Å². The molecule has 1 N–H and O–H groups in total. The van der Waals surface area contributed by atoms with Crippen LogP contribution in [0.2, 0.25) is 0 Å². The van der Waals surface area contributed by atoms with Crippen LogP contribution in [-0.2, 0) is 7.05 Å². The highest BCUT2D eigenvalue weighted by Crippen LogP contribution is 2.49. The van der Waals surface area contributed by atoms with Crippen molar-refractivity contribution in [3.05, 3.63) is 35.5 Å². The summed E-state index contributed by atoms with van der Waals surface area (Å²) in [7, 11) is 2.01. The van der Waals surface area contributed by atoms with E-state index in [0.29, 0.717) is 5.41 Å². The number of fused-ring (bicyclic) bond motifs is 4. The highest BCUT2D eigenvalue weighted by Gasteiger charge is 2.40. The van der Waals surface area contributed by atoms with E-state index in [0.717, 1.165) is 28.9 Å². The van der Waals surface area contributed by atoms with E-state index in [1.54, 1.807) is 0 Å². The van der Waals surface area contributed by atoms with E-state index in [1.807, 2.05) is 13.2 Å². The zero-order valence-electron chi connectivity index (χ0n) is 14.2. The molecule has 1 aromatic carbocycles. The predicted octanol–water partition coefficient (Wildman–Crippen LogP) is 4.19. The average molecular weight is 310 g/mol. The van der Waals surface area contributed by atoms with Crippen LogP contribution in [0.1, 0.15) is 54.4 Å². The quantitative estimate of drug-likeness (QED) is 0.906. The second-order valence-electron chi connectivity index (χ2n) is 7.79. The van der Waals surface area contributed by atoms with Crippen LogP contribution in [0.3, 0.4) is 0 Å². The van der Waals surface area contributed by atoms with Crippen LogP contribution in [0.25, 0.3) is 10.9 Å². The number of carbonyl (C=O) groups excluding carboxylic acids is 1. The summed E-state index contributed by atoms with van der Waals surface area (Å²) in [6, 6.07) is 6.22. The van der Waals surface area contributed by atoms with Crippen molar-refractivity contribution in [2.24, 2.45) is 18.4 Å². The topological polar surface area (TPSA) is 34.0 Å². The van der Waals surface area contributed by atoms with Gasteiger partial charge in [-0.3, -0.25) is 4.79 Å². The minimum absolute atomic E-state index is 0.0898. The Labute approximate surface area is 138 Å². The van der Waals surface area contributed by atoms with Crippen molar-refractivity contribution in [1.82, 2.24) is 9.88 Å². The Morgan fingerprint density at radius 1 is 1.26 bits per heavy atom. The van der Waals surface area contributed by atoms with Gasteiger partial charge in [0.2, 0.25) is 0 Å². The van der Waals surface area contributed by atoms with Crippen molar-refractivity contribution in [1.29, 1.82) is 0 Å². The molecule has 2 bridgehead atoms. The number of hydrogen-bond acceptors (Lipinski definition) is 1. The first-order valence-electron chi connectivity index (χ1n) is 8.91. The van der Waals surface area contributed by atoms with Crippen molar-refractivity contribution in [3.63, 3.8) is 0 Å². The number of hydrogen-bond donors (Lipinski definition) is 1. The Morgan fingerprint density at radius 2 is 1.96 bits per heavy atom. The molecular formula is C20H26N2O. The molecule has 122 valence electrons. The largest absolute Gasteiger partial charge is 0.351 e. The fourth-order valence-corrected chi connectivity index (χ4v) is 4.76. The number of rotatable bonds is 3. The Morgan fingerprint density at radius 3 is 2.65 bits per heavy atom. The lowest BCUT2D eigenvalue weighted by Gasteiger charge is -2.46. The smallest absolute Gasteiger partial charge is 0.253 e. The van der Waals surface area contributed by atoms with Gasteiger partial charge in [-0.05, 0) is 68.4 Å². The molecule has 0 spiro atoms. The minimum Gasteiger partial charge on any atom is -0.351 e. The maximum Gasteiger partial charge on any atom is 0.253 e. The fourth-order valence-electron chi connectivity index (χ4n) is 4.76. The van der Waals surface area contributed by atoms with Gasteiger partial charge in [-0.15, -0.1) is 0 Å². The van der Waals surface area contributed by atoms with Crippen molar-refractivity contribution in [2.45, 2.75) is 45.4 Å². The molecule has 2 aromatic rings. The van der Waals surface area contributed by atoms with Crippen LogP contribution in [0, 0.1) is 18.3 Å². The zero-order valence-corrected chi connectivity index (χ0v) is 14.2. The Hall–Kier alpha value is -1.77. The number of aryl methyl sites for hydroxylation is 2. The average Bonchev–Trinajstić information content (AvgIpc) is 2.93. The summed E-state index contributed by atoms with van der Waals surface area (Å²) in [4.78, 5) is 12.8. The molecule has 0 unspecified atom stereocenters. The Balaban J connectivity index is 1.56. The number of nitrogens with one attached hydrogen (secondary N) is 1. The SMILES string of the molecule is Cc1cccc2c1c(C(=O)NCC13CCC(CC1)CC3)cn2C. The van der Waals surface area contributed by atoms with Gasteiger partial charge in [-0.1, -0.05) is 12.1 Å². The lowest BCUT2D eigenvalue weighted by molar-refractivity contribution is 0.0598. The molecule has 0 atom stereocenters. The number of nitrogens with zero attached hydrogens (tertiary/aromatic N) is 1. The number of aromatic nitrogens is 1. The summed E-state index contributed by atoms with van der Waals surface area (Å²) in [6.07, 6.45) is 9.96. The van der Waals surface area contributed by atoms with E-state index < -0.39 is 0 Å². The van der Waals surface area contributed by atoms with Gasteiger partial charge in [0.25, 0.3) is 5.91 Å². The lowest BCUT2D eigenvalue weighted by Crippen LogP contribution is -2.43. The van der Waals surface area contributed by atoms with E-state index in [9.17, 15) is 4.79 Å². The Kier molecular flexibility index (Phi) is 3.47. The van der Waals surface area contributed by atoms with Gasteiger partial charge in [0.05, 0.1) is 5.56 Å². The van der Waals surface area contributed by atoms with Gasteiger partial charge in [0.1, 0.15) is 0 Å². The summed E-state index contributed by atoms with van der Waals surface area (Å²) >= 11 is 0. The van der Waals surface area contributed by atoms with Gasteiger partial charge < -0.3 is 9.88 Å². The first kappa shape index (κ1) is 14.8. The maximum atomic E-state index is 12.8. The van der Waals surface area contributed by atoms with Crippen molar-refractivity contribution >= 4 is 16.8 Å². The molecule has 3 aliphatic rings. The second-order valence-corrected chi connectivity index (χ2v) is 7.79. The first-order valence-corrected chi connectivity index (χ1v) is 8.91. The fraction of sp³-hybridized carbons (Fsp3) is 0.550. The molecule has 1 aromatic heterocycles. The summed E-state index contributed by atoms with van der Waals surface area (Å²) in [6.45, 7) is 2.93. The molecule has 3 nitrogen and oxygen atoms in total. The summed E-state index contributed by atoms with van der Waals surface area (Å²) in [5.74, 6) is 1.06. The number of benzene rings is 1. The maximum absolute atomic E-state index is 12.8. The lowest BCUT2D eigenvalue weighted by atomic mass is 9.61. The van der Waals surface area contributed by atoms with Crippen LogP contribution in [0.5, 0.6) is 0 Å². The van der Waals surface area contributed by atoms with Gasteiger partial charge in [-0.25, -0.2) is 0 Å². The molecule has 0 aliphatic heterocycles. The van der Waals surface area contributed by atoms with E-state index in [2.05, 4.69) is 35.0 Å². The standard InChI is InChI=1S/C20H26N2O/c1-14-4-3-5-17-18(14)16(12-22(17)2)19(23)21-13-20-9-6-15(7-10-20)8-11-20/h3-5,12,15H,6-11,13H2,1-2H3,(H,21,23). The molecular weight excluding hydrogens is 284 g/mol. The third-order valence-corrected chi connectivity index (χ3v) is 6.34. The van der Waals surface area contributed by atoms with Gasteiger partial charge in [0.15, 0.2) is 0 Å². The highest BCUT2D eigenvalue weighted by molar-refractivity contribution is 6.08. The van der Waals surface area contributed by atoms with Crippen LogP contribution < -0.4 is 5.32 Å². The van der Waals surface area contributed by atoms with Crippen molar-refractivity contribution < 1.29 is 4.79 Å². The number of carbonyl (C=O) groups is 1. The van der Waals surface area contributed by atoms with Crippen LogP contribution in [0.15, 0.2) is 24.4 Å². The van der Waals surface area contributed by atoms with Crippen molar-refractivity contribution in [3.8, 4) is 0 Å². The molecule has 0 saturated heterocycles. The normalized spacial score (nSPS) is 26.6. The molecule has 5 rings (SSSR count). The Bertz CT molecular complexity index is 737. The molecule has 1 heterocycles. The third-order valence-electron chi connectivity index (χ3n) is 6.34. The van der Waals surface area contributed by atoms with Gasteiger partial charge in [0, 0.05) is 30.7 Å². The van der Waals surface area contributed by atoms with Gasteiger partial charge >= 0.3 is 0 Å². The van der Waals surface area contributed by atoms with Crippen molar-refractivity contribution in [2.75, 3.05) is 6.54 Å². The molecule has 23 heavy (non-hydrogen) atoms. The highest BCUT2D eigenvalue weighted by atomic mass is 16.1. The van der Waals surface area contributed by atoms with E-state index in [-0.39, 0.29) is 5.91 Å². The van der Waals surface area contributed by atoms with E-state index in [1.165, 1.54) is 44.1 Å². The number of amides is 1. The van der Waals surface area contributed by atoms with Gasteiger partial charge in [-0.2, -0.15) is 0 Å². The summed E-state index contributed by atoms with van der Waals surface area (Å²) in [5.41, 5.74) is 3.50. The molecule has 3 saturated carbocycles. The second kappa shape index (κ2) is 5.40. The summed E-state index contributed by atoms with van der Waals surface area (Å²) in [5, 5.41) is 4.36. The molecule has 3 aliphatic carbocycles.